The van der Waals surface area contributed by atoms with Gasteiger partial charge in [0, 0.05) is 0 Å². The summed E-state index contributed by atoms with van der Waals surface area (Å²) in [4.78, 5) is 25.0. The third kappa shape index (κ3) is 6.53. The first-order valence-corrected chi connectivity index (χ1v) is 10.4. The smallest absolute Gasteiger partial charge is 0.426 e. The van der Waals surface area contributed by atoms with Crippen molar-refractivity contribution in [3.05, 3.63) is 64.2 Å². The minimum absolute atomic E-state index is 0.235. The summed E-state index contributed by atoms with van der Waals surface area (Å²) in [6.07, 6.45) is -8.39. The third-order valence-electron chi connectivity index (χ3n) is 4.14. The second kappa shape index (κ2) is 9.06. The first-order valence-electron chi connectivity index (χ1n) is 8.81. The van der Waals surface area contributed by atoms with Crippen LogP contribution in [0.25, 0.3) is 0 Å². The van der Waals surface area contributed by atoms with Crippen molar-refractivity contribution in [3.8, 4) is 5.75 Å². The number of ether oxygens (including phenoxy) is 2. The van der Waals surface area contributed by atoms with Crippen LogP contribution < -0.4 is 4.74 Å². The number of carbonyl (C=O) groups is 2. The Hall–Kier alpha value is -2.92. The maximum atomic E-state index is 13.1. The summed E-state index contributed by atoms with van der Waals surface area (Å²) in [5, 5.41) is 0. The molecule has 2 rings (SSSR count). The minimum Gasteiger partial charge on any atom is -0.448 e. The number of hydrogen-bond acceptors (Lipinski definition) is 6. The topological polar surface area (TPSA) is 107 Å². The maximum Gasteiger partial charge on any atom is 0.426 e. The molecule has 1 atom stereocenters. The Morgan fingerprint density at radius 1 is 1.00 bits per heavy atom. The SMILES string of the molecule is Cc1cc(C)c(OC(=O)c2ccccc2C(=O)OC(CS(=O)(=O)O)C(F)(F)F)c(C)c1. The van der Waals surface area contributed by atoms with Crippen molar-refractivity contribution in [2.24, 2.45) is 0 Å². The van der Waals surface area contributed by atoms with E-state index in [9.17, 15) is 31.2 Å². The number of alkyl halides is 3. The Morgan fingerprint density at radius 2 is 1.48 bits per heavy atom. The Kier molecular flexibility index (Phi) is 7.12. The zero-order valence-electron chi connectivity index (χ0n) is 16.7. The Morgan fingerprint density at radius 3 is 1.94 bits per heavy atom. The highest BCUT2D eigenvalue weighted by Crippen LogP contribution is 2.28. The molecule has 0 bridgehead atoms. The van der Waals surface area contributed by atoms with Crippen molar-refractivity contribution in [1.82, 2.24) is 0 Å². The predicted molar refractivity (Wildman–Crippen MR) is 104 cm³/mol. The van der Waals surface area contributed by atoms with E-state index in [1.54, 1.807) is 26.0 Å². The van der Waals surface area contributed by atoms with Crippen molar-refractivity contribution in [2.75, 3.05) is 5.75 Å². The van der Waals surface area contributed by atoms with E-state index in [1.807, 2.05) is 6.92 Å². The van der Waals surface area contributed by atoms with Gasteiger partial charge in [0.2, 0.25) is 6.10 Å². The van der Waals surface area contributed by atoms with Crippen LogP contribution in [0.3, 0.4) is 0 Å². The zero-order chi connectivity index (χ0) is 23.6. The summed E-state index contributed by atoms with van der Waals surface area (Å²) >= 11 is 0. The number of benzene rings is 2. The summed E-state index contributed by atoms with van der Waals surface area (Å²) < 4.78 is 79.2. The highest BCUT2D eigenvalue weighted by molar-refractivity contribution is 7.85. The van der Waals surface area contributed by atoms with Crippen LogP contribution in [0.15, 0.2) is 36.4 Å². The number of carbonyl (C=O) groups excluding carboxylic acids is 2. The van der Waals surface area contributed by atoms with Gasteiger partial charge in [-0.1, -0.05) is 29.8 Å². The molecule has 2 aromatic carbocycles. The second-order valence-electron chi connectivity index (χ2n) is 6.85. The normalized spacial score (nSPS) is 12.9. The van der Waals surface area contributed by atoms with Crippen molar-refractivity contribution in [2.45, 2.75) is 33.1 Å². The Bertz CT molecular complexity index is 1080. The highest BCUT2D eigenvalue weighted by Gasteiger charge is 2.45. The van der Waals surface area contributed by atoms with Crippen LogP contribution in [0.4, 0.5) is 13.2 Å². The number of halogens is 3. The Balaban J connectivity index is 2.34. The maximum absolute atomic E-state index is 13.1. The van der Waals surface area contributed by atoms with Crippen molar-refractivity contribution in [1.29, 1.82) is 0 Å². The molecule has 0 heterocycles. The quantitative estimate of drug-likeness (QED) is 0.397. The van der Waals surface area contributed by atoms with Crippen LogP contribution in [0.1, 0.15) is 37.4 Å². The molecule has 0 aromatic heterocycles. The van der Waals surface area contributed by atoms with Gasteiger partial charge in [-0.15, -0.1) is 0 Å². The molecule has 0 saturated heterocycles. The monoisotopic (exact) mass is 460 g/mol. The molecule has 0 aliphatic rings. The zero-order valence-corrected chi connectivity index (χ0v) is 17.5. The number of rotatable bonds is 6. The van der Waals surface area contributed by atoms with E-state index < -0.39 is 45.7 Å². The molecule has 0 amide bonds. The summed E-state index contributed by atoms with van der Waals surface area (Å²) in [6.45, 7) is 5.25. The predicted octanol–water partition coefficient (Wildman–Crippen LogP) is 3.81. The fraction of sp³-hybridized carbons (Fsp3) is 0.300. The average molecular weight is 460 g/mol. The second-order valence-corrected chi connectivity index (χ2v) is 8.34. The minimum atomic E-state index is -5.27. The van der Waals surface area contributed by atoms with Crippen molar-refractivity contribution >= 4 is 22.1 Å². The van der Waals surface area contributed by atoms with Crippen LogP contribution in [-0.4, -0.2) is 42.9 Å². The summed E-state index contributed by atoms with van der Waals surface area (Å²) in [5.74, 6) is -4.26. The molecule has 0 fully saturated rings. The molecular weight excluding hydrogens is 441 g/mol. The van der Waals surface area contributed by atoms with Gasteiger partial charge in [0.05, 0.1) is 11.1 Å². The lowest BCUT2D eigenvalue weighted by Gasteiger charge is -2.20. The van der Waals surface area contributed by atoms with Crippen LogP contribution in [-0.2, 0) is 14.9 Å². The first-order chi connectivity index (χ1) is 14.2. The molecule has 2 aromatic rings. The van der Waals surface area contributed by atoms with Crippen LogP contribution in [0.2, 0.25) is 0 Å². The van der Waals surface area contributed by atoms with E-state index in [2.05, 4.69) is 4.74 Å². The van der Waals surface area contributed by atoms with Gasteiger partial charge in [0.1, 0.15) is 11.5 Å². The number of hydrogen-bond donors (Lipinski definition) is 1. The lowest BCUT2D eigenvalue weighted by Crippen LogP contribution is -2.39. The molecule has 0 aliphatic heterocycles. The summed E-state index contributed by atoms with van der Waals surface area (Å²) in [6, 6.07) is 8.36. The lowest BCUT2D eigenvalue weighted by atomic mass is 10.1. The van der Waals surface area contributed by atoms with Gasteiger partial charge in [-0.25, -0.2) is 9.59 Å². The van der Waals surface area contributed by atoms with Gasteiger partial charge in [-0.3, -0.25) is 4.55 Å². The Labute approximate surface area is 176 Å². The lowest BCUT2D eigenvalue weighted by molar-refractivity contribution is -0.197. The van der Waals surface area contributed by atoms with Gasteiger partial charge in [0.15, 0.2) is 0 Å². The molecule has 7 nitrogen and oxygen atoms in total. The standard InChI is InChI=1S/C20H19F3O7S/c1-11-8-12(2)17(13(3)9-11)30-19(25)15-7-5-4-6-14(15)18(24)29-16(20(21,22)23)10-31(26,27)28/h4-9,16H,10H2,1-3H3,(H,26,27,28). The van der Waals surface area contributed by atoms with E-state index >= 15 is 0 Å². The molecule has 1 unspecified atom stereocenters. The third-order valence-corrected chi connectivity index (χ3v) is 4.87. The van der Waals surface area contributed by atoms with E-state index in [-0.39, 0.29) is 11.3 Å². The fourth-order valence-electron chi connectivity index (χ4n) is 2.89. The number of aryl methyl sites for hydroxylation is 3. The molecule has 0 saturated carbocycles. The molecule has 0 aliphatic carbocycles. The molecule has 0 radical (unpaired) electrons. The average Bonchev–Trinajstić information content (AvgIpc) is 2.62. The van der Waals surface area contributed by atoms with Crippen LogP contribution >= 0.6 is 0 Å². The molecule has 31 heavy (non-hydrogen) atoms. The van der Waals surface area contributed by atoms with Crippen molar-refractivity contribution < 1.29 is 45.2 Å². The van der Waals surface area contributed by atoms with Gasteiger partial charge in [-0.2, -0.15) is 21.6 Å². The number of esters is 2. The van der Waals surface area contributed by atoms with Gasteiger partial charge in [0.25, 0.3) is 10.1 Å². The fourth-order valence-corrected chi connectivity index (χ4v) is 3.53. The van der Waals surface area contributed by atoms with Gasteiger partial charge < -0.3 is 9.47 Å². The van der Waals surface area contributed by atoms with Crippen LogP contribution in [0, 0.1) is 20.8 Å². The van der Waals surface area contributed by atoms with Gasteiger partial charge >= 0.3 is 18.1 Å². The molecule has 0 spiro atoms. The molecule has 11 heteroatoms. The first kappa shape index (κ1) is 24.4. The van der Waals surface area contributed by atoms with Crippen LogP contribution in [0.5, 0.6) is 5.75 Å². The van der Waals surface area contributed by atoms with E-state index in [0.717, 1.165) is 17.7 Å². The highest BCUT2D eigenvalue weighted by atomic mass is 32.2. The molecule has 168 valence electrons. The largest absolute Gasteiger partial charge is 0.448 e. The van der Waals surface area contributed by atoms with Crippen molar-refractivity contribution in [3.63, 3.8) is 0 Å². The van der Waals surface area contributed by atoms with Gasteiger partial charge in [-0.05, 0) is 44.0 Å². The van der Waals surface area contributed by atoms with E-state index in [0.29, 0.717) is 11.1 Å². The summed E-state index contributed by atoms with van der Waals surface area (Å²) in [7, 11) is -5.10. The van der Waals surface area contributed by atoms with E-state index in [1.165, 1.54) is 12.1 Å². The molecule has 1 N–H and O–H groups in total. The van der Waals surface area contributed by atoms with E-state index in [4.69, 9.17) is 9.29 Å². The summed E-state index contributed by atoms with van der Waals surface area (Å²) in [5.41, 5.74) is 1.27. The molecular formula is C20H19F3O7S.